The van der Waals surface area contributed by atoms with Crippen molar-refractivity contribution in [1.82, 2.24) is 0 Å². The third kappa shape index (κ3) is 2.04. The summed E-state index contributed by atoms with van der Waals surface area (Å²) >= 11 is 9.32. The zero-order valence-electron chi connectivity index (χ0n) is 7.99. The van der Waals surface area contributed by atoms with Gasteiger partial charge in [0.15, 0.2) is 11.6 Å². The molecule has 15 heavy (non-hydrogen) atoms. The fourth-order valence-corrected chi connectivity index (χ4v) is 3.09. The summed E-state index contributed by atoms with van der Waals surface area (Å²) in [5.74, 6) is -1.61. The molecule has 0 nitrogen and oxygen atoms in total. The molecule has 0 saturated heterocycles. The van der Waals surface area contributed by atoms with Gasteiger partial charge in [-0.3, -0.25) is 0 Å². The highest BCUT2D eigenvalue weighted by Crippen LogP contribution is 2.40. The average molecular weight is 296 g/mol. The Bertz CT molecular complexity index is 393. The van der Waals surface area contributed by atoms with Crippen molar-refractivity contribution in [2.75, 3.05) is 0 Å². The van der Waals surface area contributed by atoms with Crippen LogP contribution in [0, 0.1) is 11.6 Å². The number of alkyl halides is 1. The van der Waals surface area contributed by atoms with Crippen LogP contribution in [0.1, 0.15) is 35.2 Å². The number of hydrogen-bond donors (Lipinski definition) is 0. The van der Waals surface area contributed by atoms with Crippen molar-refractivity contribution in [2.45, 2.75) is 30.5 Å². The molecule has 0 bridgehead atoms. The van der Waals surface area contributed by atoms with E-state index >= 15 is 0 Å². The summed E-state index contributed by atoms with van der Waals surface area (Å²) in [5, 5.41) is 0.343. The van der Waals surface area contributed by atoms with Crippen LogP contribution in [0.4, 0.5) is 8.78 Å². The van der Waals surface area contributed by atoms with Crippen molar-refractivity contribution >= 4 is 27.5 Å². The number of fused-ring (bicyclic) bond motifs is 1. The number of hydrogen-bond acceptors (Lipinski definition) is 0. The summed E-state index contributed by atoms with van der Waals surface area (Å²) in [6.45, 7) is 0. The minimum atomic E-state index is -0.856. The largest absolute Gasteiger partial charge is 0.204 e. The first-order valence-corrected chi connectivity index (χ1v) is 6.21. The van der Waals surface area contributed by atoms with Crippen molar-refractivity contribution < 1.29 is 8.78 Å². The lowest BCUT2D eigenvalue weighted by Crippen LogP contribution is -2.02. The molecule has 4 heteroatoms. The lowest BCUT2D eigenvalue weighted by Gasteiger charge is -2.14. The van der Waals surface area contributed by atoms with E-state index < -0.39 is 11.6 Å². The first-order valence-electron chi connectivity index (χ1n) is 4.91. The fourth-order valence-electron chi connectivity index (χ4n) is 2.00. The summed E-state index contributed by atoms with van der Waals surface area (Å²) in [6, 6.07) is 1.07. The summed E-state index contributed by atoms with van der Waals surface area (Å²) < 4.78 is 26.8. The monoisotopic (exact) mass is 294 g/mol. The third-order valence-corrected chi connectivity index (χ3v) is 4.01. The van der Waals surface area contributed by atoms with Crippen LogP contribution in [0.2, 0.25) is 5.02 Å². The minimum Gasteiger partial charge on any atom is -0.204 e. The van der Waals surface area contributed by atoms with Crippen LogP contribution < -0.4 is 0 Å². The van der Waals surface area contributed by atoms with E-state index in [9.17, 15) is 8.78 Å². The van der Waals surface area contributed by atoms with Crippen LogP contribution in [0.3, 0.4) is 0 Å². The molecule has 0 radical (unpaired) electrons. The van der Waals surface area contributed by atoms with Crippen molar-refractivity contribution in [3.63, 3.8) is 0 Å². The third-order valence-electron chi connectivity index (χ3n) is 2.76. The maximum absolute atomic E-state index is 13.6. The summed E-state index contributed by atoms with van der Waals surface area (Å²) in [6.07, 6.45) is 3.53. The Morgan fingerprint density at radius 1 is 1.33 bits per heavy atom. The van der Waals surface area contributed by atoms with Crippen molar-refractivity contribution in [3.8, 4) is 0 Å². The average Bonchev–Trinajstić information content (AvgIpc) is 2.37. The Morgan fingerprint density at radius 2 is 2.07 bits per heavy atom. The molecule has 1 unspecified atom stereocenters. The molecule has 1 aromatic rings. The van der Waals surface area contributed by atoms with E-state index in [2.05, 4.69) is 15.9 Å². The van der Waals surface area contributed by atoms with Crippen LogP contribution in [-0.4, -0.2) is 0 Å². The molecule has 0 spiro atoms. The first kappa shape index (κ1) is 11.3. The van der Waals surface area contributed by atoms with Crippen molar-refractivity contribution in [2.24, 2.45) is 0 Å². The highest BCUT2D eigenvalue weighted by Gasteiger charge is 2.24. The smallest absolute Gasteiger partial charge is 0.163 e. The second-order valence-electron chi connectivity index (χ2n) is 3.76. The normalized spacial score (nSPS) is 20.9. The molecular weight excluding hydrogens is 285 g/mol. The van der Waals surface area contributed by atoms with Gasteiger partial charge in [-0.2, -0.15) is 0 Å². The Balaban J connectivity index is 2.63. The second kappa shape index (κ2) is 4.38. The maximum atomic E-state index is 13.6. The van der Waals surface area contributed by atoms with Gasteiger partial charge in [-0.25, -0.2) is 8.78 Å². The summed E-state index contributed by atoms with van der Waals surface area (Å²) in [4.78, 5) is -0.122. The SMILES string of the molecule is Fc1cc(Cl)c2c(c1F)C(Br)CCCC2. The van der Waals surface area contributed by atoms with Gasteiger partial charge in [-0.15, -0.1) is 0 Å². The molecule has 1 aromatic carbocycles. The van der Waals surface area contributed by atoms with Crippen LogP contribution in [-0.2, 0) is 6.42 Å². The number of rotatable bonds is 0. The second-order valence-corrected chi connectivity index (χ2v) is 5.27. The Hall–Kier alpha value is -0.150. The van der Waals surface area contributed by atoms with E-state index in [0.717, 1.165) is 37.3 Å². The summed E-state index contributed by atoms with van der Waals surface area (Å²) in [7, 11) is 0. The van der Waals surface area contributed by atoms with E-state index in [1.165, 1.54) is 0 Å². The molecule has 82 valence electrons. The van der Waals surface area contributed by atoms with E-state index in [-0.39, 0.29) is 4.83 Å². The predicted molar refractivity (Wildman–Crippen MR) is 60.6 cm³/mol. The quantitative estimate of drug-likeness (QED) is 0.367. The Kier molecular flexibility index (Phi) is 3.31. The molecule has 0 amide bonds. The van der Waals surface area contributed by atoms with E-state index in [0.29, 0.717) is 10.6 Å². The maximum Gasteiger partial charge on any atom is 0.163 e. The summed E-state index contributed by atoms with van der Waals surface area (Å²) in [5.41, 5.74) is 1.17. The van der Waals surface area contributed by atoms with Gasteiger partial charge in [0.25, 0.3) is 0 Å². The van der Waals surface area contributed by atoms with E-state index in [1.807, 2.05) is 0 Å². The molecule has 1 aliphatic carbocycles. The van der Waals surface area contributed by atoms with Crippen molar-refractivity contribution in [1.29, 1.82) is 0 Å². The molecule has 0 saturated carbocycles. The highest BCUT2D eigenvalue weighted by molar-refractivity contribution is 9.09. The fraction of sp³-hybridized carbons (Fsp3) is 0.455. The van der Waals surface area contributed by atoms with Crippen LogP contribution in [0.5, 0.6) is 0 Å². The van der Waals surface area contributed by atoms with Crippen LogP contribution >= 0.6 is 27.5 Å². The molecule has 0 heterocycles. The van der Waals surface area contributed by atoms with Crippen LogP contribution in [0.25, 0.3) is 0 Å². The minimum absolute atomic E-state index is 0.122. The molecule has 0 aromatic heterocycles. The zero-order valence-corrected chi connectivity index (χ0v) is 10.3. The van der Waals surface area contributed by atoms with Crippen molar-refractivity contribution in [3.05, 3.63) is 33.9 Å². The molecule has 1 aliphatic rings. The molecule has 0 fully saturated rings. The van der Waals surface area contributed by atoms with E-state index in [4.69, 9.17) is 11.6 Å². The zero-order chi connectivity index (χ0) is 11.0. The van der Waals surface area contributed by atoms with Gasteiger partial charge in [0, 0.05) is 15.4 Å². The van der Waals surface area contributed by atoms with Crippen LogP contribution in [0.15, 0.2) is 6.07 Å². The van der Waals surface area contributed by atoms with Gasteiger partial charge in [-0.05, 0) is 30.9 Å². The highest BCUT2D eigenvalue weighted by atomic mass is 79.9. The lowest BCUT2D eigenvalue weighted by molar-refractivity contribution is 0.496. The molecule has 2 rings (SSSR count). The predicted octanol–water partition coefficient (Wildman–Crippen LogP) is 4.78. The Labute approximate surface area is 101 Å². The van der Waals surface area contributed by atoms with E-state index in [1.54, 1.807) is 0 Å². The Morgan fingerprint density at radius 3 is 2.80 bits per heavy atom. The van der Waals surface area contributed by atoms with Gasteiger partial charge in [0.05, 0.1) is 0 Å². The van der Waals surface area contributed by atoms with Gasteiger partial charge in [0.1, 0.15) is 0 Å². The van der Waals surface area contributed by atoms with Gasteiger partial charge >= 0.3 is 0 Å². The number of benzene rings is 1. The van der Waals surface area contributed by atoms with Gasteiger partial charge in [0.2, 0.25) is 0 Å². The lowest BCUT2D eigenvalue weighted by atomic mass is 10.0. The first-order chi connectivity index (χ1) is 7.11. The van der Waals surface area contributed by atoms with Gasteiger partial charge < -0.3 is 0 Å². The van der Waals surface area contributed by atoms with Gasteiger partial charge in [-0.1, -0.05) is 34.0 Å². The number of halogens is 4. The standard InChI is InChI=1S/C11H10BrClF2/c12-7-4-2-1-3-6-8(13)5-9(14)11(15)10(6)7/h5,7H,1-4H2. The molecule has 1 atom stereocenters. The topological polar surface area (TPSA) is 0 Å². The molecule has 0 aliphatic heterocycles. The molecular formula is C11H10BrClF2. The molecule has 0 N–H and O–H groups in total.